The van der Waals surface area contributed by atoms with Crippen molar-refractivity contribution in [2.75, 3.05) is 38.2 Å². The van der Waals surface area contributed by atoms with Gasteiger partial charge in [0.25, 0.3) is 0 Å². The first kappa shape index (κ1) is 15.5. The molecule has 21 heavy (non-hydrogen) atoms. The van der Waals surface area contributed by atoms with Crippen LogP contribution >= 0.6 is 11.8 Å². The zero-order valence-corrected chi connectivity index (χ0v) is 14.2. The van der Waals surface area contributed by atoms with Crippen LogP contribution in [0.25, 0.3) is 0 Å². The zero-order chi connectivity index (χ0) is 14.7. The molecular formula is C16H30N4S. The molecule has 0 bridgehead atoms. The van der Waals surface area contributed by atoms with Crippen molar-refractivity contribution in [3.05, 3.63) is 0 Å². The second kappa shape index (κ2) is 6.78. The standard InChI is InChI=1S/C16H30N4S/c1-19(14-5-6-14)15(17)18-13-16(7-3-2-4-8-16)20-9-11-21-12-10-20/h14H,2-13H2,1H3,(H2,17,18). The summed E-state index contributed by atoms with van der Waals surface area (Å²) in [7, 11) is 2.10. The maximum atomic E-state index is 6.22. The van der Waals surface area contributed by atoms with Gasteiger partial charge in [-0.1, -0.05) is 19.3 Å². The highest BCUT2D eigenvalue weighted by Gasteiger charge is 2.38. The van der Waals surface area contributed by atoms with Gasteiger partial charge in [0, 0.05) is 43.2 Å². The van der Waals surface area contributed by atoms with Gasteiger partial charge in [0.05, 0.1) is 6.54 Å². The monoisotopic (exact) mass is 310 g/mol. The van der Waals surface area contributed by atoms with E-state index in [4.69, 9.17) is 10.7 Å². The van der Waals surface area contributed by atoms with Crippen LogP contribution in [-0.4, -0.2) is 65.5 Å². The summed E-state index contributed by atoms with van der Waals surface area (Å²) in [5.74, 6) is 3.32. The van der Waals surface area contributed by atoms with E-state index in [0.717, 1.165) is 12.5 Å². The van der Waals surface area contributed by atoms with Gasteiger partial charge in [-0.3, -0.25) is 9.89 Å². The van der Waals surface area contributed by atoms with Crippen molar-refractivity contribution in [1.29, 1.82) is 0 Å². The number of guanidine groups is 1. The van der Waals surface area contributed by atoms with E-state index in [2.05, 4.69) is 28.6 Å². The van der Waals surface area contributed by atoms with E-state index in [1.54, 1.807) is 0 Å². The summed E-state index contributed by atoms with van der Waals surface area (Å²) in [4.78, 5) is 9.74. The third kappa shape index (κ3) is 3.67. The Morgan fingerprint density at radius 2 is 1.90 bits per heavy atom. The van der Waals surface area contributed by atoms with E-state index >= 15 is 0 Å². The van der Waals surface area contributed by atoms with Crippen LogP contribution in [0.3, 0.4) is 0 Å². The zero-order valence-electron chi connectivity index (χ0n) is 13.4. The third-order valence-corrected chi connectivity index (χ3v) is 6.40. The Morgan fingerprint density at radius 3 is 2.52 bits per heavy atom. The van der Waals surface area contributed by atoms with Crippen molar-refractivity contribution in [1.82, 2.24) is 9.80 Å². The van der Waals surface area contributed by atoms with E-state index in [0.29, 0.717) is 11.6 Å². The van der Waals surface area contributed by atoms with Gasteiger partial charge >= 0.3 is 0 Å². The van der Waals surface area contributed by atoms with Gasteiger partial charge in [0.15, 0.2) is 5.96 Å². The summed E-state index contributed by atoms with van der Waals surface area (Å²) in [6.07, 6.45) is 9.28. The van der Waals surface area contributed by atoms with Crippen LogP contribution in [0.15, 0.2) is 4.99 Å². The van der Waals surface area contributed by atoms with Gasteiger partial charge in [-0.25, -0.2) is 0 Å². The molecule has 5 heteroatoms. The first-order chi connectivity index (χ1) is 10.2. The fourth-order valence-electron chi connectivity index (χ4n) is 3.81. The van der Waals surface area contributed by atoms with Crippen LogP contribution in [0.1, 0.15) is 44.9 Å². The van der Waals surface area contributed by atoms with Crippen molar-refractivity contribution >= 4 is 17.7 Å². The van der Waals surface area contributed by atoms with Gasteiger partial charge in [-0.05, 0) is 25.7 Å². The lowest BCUT2D eigenvalue weighted by atomic mass is 9.80. The van der Waals surface area contributed by atoms with Gasteiger partial charge in [-0.15, -0.1) is 0 Å². The minimum Gasteiger partial charge on any atom is -0.370 e. The van der Waals surface area contributed by atoms with Crippen molar-refractivity contribution in [2.24, 2.45) is 10.7 Å². The summed E-state index contributed by atoms with van der Waals surface area (Å²) in [5.41, 5.74) is 6.52. The minimum absolute atomic E-state index is 0.300. The average Bonchev–Trinajstić information content (AvgIpc) is 3.38. The molecule has 0 aromatic heterocycles. The number of aliphatic imine (C=N–C) groups is 1. The minimum atomic E-state index is 0.300. The molecule has 0 unspecified atom stereocenters. The molecule has 0 aromatic rings. The molecule has 1 heterocycles. The fraction of sp³-hybridized carbons (Fsp3) is 0.938. The van der Waals surface area contributed by atoms with Gasteiger partial charge in [0.1, 0.15) is 0 Å². The number of nitrogens with two attached hydrogens (primary N) is 1. The Hall–Kier alpha value is -0.420. The molecule has 0 aromatic carbocycles. The van der Waals surface area contributed by atoms with Crippen LogP contribution in [0.5, 0.6) is 0 Å². The fourth-order valence-corrected chi connectivity index (χ4v) is 4.71. The molecule has 1 saturated heterocycles. The number of rotatable bonds is 4. The Kier molecular flexibility index (Phi) is 4.99. The molecule has 0 radical (unpaired) electrons. The molecule has 3 fully saturated rings. The van der Waals surface area contributed by atoms with Gasteiger partial charge in [0.2, 0.25) is 0 Å². The second-order valence-corrected chi connectivity index (χ2v) is 8.13. The first-order valence-corrected chi connectivity index (χ1v) is 9.72. The molecule has 4 nitrogen and oxygen atoms in total. The van der Waals surface area contributed by atoms with E-state index in [1.807, 2.05) is 0 Å². The van der Waals surface area contributed by atoms with Crippen LogP contribution in [0.4, 0.5) is 0 Å². The quantitative estimate of drug-likeness (QED) is 0.638. The SMILES string of the molecule is CN(C(N)=NCC1(N2CCSCC2)CCCCC1)C1CC1. The Morgan fingerprint density at radius 1 is 1.24 bits per heavy atom. The lowest BCUT2D eigenvalue weighted by molar-refractivity contribution is 0.0670. The first-order valence-electron chi connectivity index (χ1n) is 8.57. The van der Waals surface area contributed by atoms with Crippen LogP contribution in [0.2, 0.25) is 0 Å². The van der Waals surface area contributed by atoms with Crippen molar-refractivity contribution in [3.8, 4) is 0 Å². The molecular weight excluding hydrogens is 280 g/mol. The molecule has 3 aliphatic rings. The molecule has 120 valence electrons. The van der Waals surface area contributed by atoms with E-state index in [-0.39, 0.29) is 0 Å². The number of thioether (sulfide) groups is 1. The molecule has 1 aliphatic heterocycles. The van der Waals surface area contributed by atoms with Gasteiger partial charge in [-0.2, -0.15) is 11.8 Å². The van der Waals surface area contributed by atoms with Crippen molar-refractivity contribution in [2.45, 2.75) is 56.5 Å². The molecule has 2 saturated carbocycles. The molecule has 0 atom stereocenters. The summed E-state index contributed by atoms with van der Waals surface area (Å²) in [6, 6.07) is 0.655. The van der Waals surface area contributed by atoms with Crippen LogP contribution < -0.4 is 5.73 Å². The maximum absolute atomic E-state index is 6.22. The Balaban J connectivity index is 1.67. The van der Waals surface area contributed by atoms with Crippen LogP contribution in [-0.2, 0) is 0 Å². The normalized spacial score (nSPS) is 27.6. The predicted molar refractivity (Wildman–Crippen MR) is 92.0 cm³/mol. The molecule has 3 rings (SSSR count). The highest BCUT2D eigenvalue weighted by molar-refractivity contribution is 7.99. The van der Waals surface area contributed by atoms with Crippen molar-refractivity contribution < 1.29 is 0 Å². The van der Waals surface area contributed by atoms with E-state index in [9.17, 15) is 0 Å². The average molecular weight is 311 g/mol. The molecule has 2 N–H and O–H groups in total. The highest BCUT2D eigenvalue weighted by atomic mass is 32.2. The lowest BCUT2D eigenvalue weighted by Crippen LogP contribution is -2.55. The number of hydrogen-bond donors (Lipinski definition) is 1. The largest absolute Gasteiger partial charge is 0.370 e. The number of hydrogen-bond acceptors (Lipinski definition) is 3. The molecule has 0 spiro atoms. The summed E-state index contributed by atoms with van der Waals surface area (Å²) < 4.78 is 0. The van der Waals surface area contributed by atoms with Crippen LogP contribution in [0, 0.1) is 0 Å². The maximum Gasteiger partial charge on any atom is 0.191 e. The Bertz CT molecular complexity index is 368. The summed E-state index contributed by atoms with van der Waals surface area (Å²) in [6.45, 7) is 3.37. The summed E-state index contributed by atoms with van der Waals surface area (Å²) >= 11 is 2.09. The predicted octanol–water partition coefficient (Wildman–Crippen LogP) is 2.15. The van der Waals surface area contributed by atoms with Crippen molar-refractivity contribution in [3.63, 3.8) is 0 Å². The van der Waals surface area contributed by atoms with E-state index < -0.39 is 0 Å². The topological polar surface area (TPSA) is 44.9 Å². The second-order valence-electron chi connectivity index (χ2n) is 6.90. The smallest absolute Gasteiger partial charge is 0.191 e. The number of nitrogens with zero attached hydrogens (tertiary/aromatic N) is 3. The third-order valence-electron chi connectivity index (χ3n) is 5.46. The molecule has 0 amide bonds. The molecule has 2 aliphatic carbocycles. The van der Waals surface area contributed by atoms with Gasteiger partial charge < -0.3 is 10.6 Å². The lowest BCUT2D eigenvalue weighted by Gasteiger charge is -2.47. The Labute approximate surface area is 133 Å². The highest BCUT2D eigenvalue weighted by Crippen LogP contribution is 2.35. The van der Waals surface area contributed by atoms with E-state index in [1.165, 1.54) is 69.5 Å². The summed E-state index contributed by atoms with van der Waals surface area (Å²) in [5, 5.41) is 0.